The Morgan fingerprint density at radius 1 is 1.37 bits per heavy atom. The van der Waals surface area contributed by atoms with Crippen LogP contribution < -0.4 is 0 Å². The Hall–Kier alpha value is -0.770. The summed E-state index contributed by atoms with van der Waals surface area (Å²) < 4.78 is 0. The molecule has 1 heterocycles. The lowest BCUT2D eigenvalue weighted by Crippen LogP contribution is -2.45. The van der Waals surface area contributed by atoms with Gasteiger partial charge in [-0.1, -0.05) is 23.2 Å². The average Bonchev–Trinajstić information content (AvgIpc) is 2.30. The Kier molecular flexibility index (Phi) is 4.71. The van der Waals surface area contributed by atoms with E-state index >= 15 is 0 Å². The quantitative estimate of drug-likeness (QED) is 0.926. The van der Waals surface area contributed by atoms with Gasteiger partial charge in [-0.15, -0.1) is 0 Å². The number of likely N-dealkylation sites (tertiary alicyclic amines) is 1. The molecule has 0 amide bonds. The van der Waals surface area contributed by atoms with Gasteiger partial charge in [-0.3, -0.25) is 9.69 Å². The van der Waals surface area contributed by atoms with Crippen LogP contribution in [0.4, 0.5) is 0 Å². The molecule has 0 aliphatic carbocycles. The summed E-state index contributed by atoms with van der Waals surface area (Å²) in [5.74, 6) is -0.996. The van der Waals surface area contributed by atoms with Gasteiger partial charge in [0.15, 0.2) is 0 Å². The second-order valence-corrected chi connectivity index (χ2v) is 5.95. The number of nitrogens with zero attached hydrogens (tertiary/aromatic N) is 1. The molecule has 1 aromatic carbocycles. The van der Waals surface area contributed by atoms with E-state index in [0.29, 0.717) is 16.6 Å². The zero-order chi connectivity index (χ0) is 14.0. The van der Waals surface area contributed by atoms with E-state index in [1.807, 2.05) is 19.1 Å². The van der Waals surface area contributed by atoms with Crippen molar-refractivity contribution >= 4 is 29.2 Å². The molecule has 19 heavy (non-hydrogen) atoms. The van der Waals surface area contributed by atoms with Crippen LogP contribution in [-0.4, -0.2) is 28.6 Å². The summed E-state index contributed by atoms with van der Waals surface area (Å²) in [6.45, 7) is 3.57. The first-order valence-electron chi connectivity index (χ1n) is 6.39. The summed E-state index contributed by atoms with van der Waals surface area (Å²) in [4.78, 5) is 13.4. The van der Waals surface area contributed by atoms with Gasteiger partial charge in [0, 0.05) is 22.6 Å². The number of hydrogen-bond donors (Lipinski definition) is 1. The summed E-state index contributed by atoms with van der Waals surface area (Å²) in [5.41, 5.74) is 1.02. The number of halogens is 2. The number of carbonyl (C=O) groups is 1. The fourth-order valence-corrected chi connectivity index (χ4v) is 3.27. The fourth-order valence-electron chi connectivity index (χ4n) is 2.70. The number of carboxylic acids is 1. The molecule has 0 saturated carbocycles. The third kappa shape index (κ3) is 3.62. The Balaban J connectivity index is 2.11. The normalized spacial score (nSPS) is 24.4. The molecule has 2 rings (SSSR count). The number of rotatable bonds is 3. The van der Waals surface area contributed by atoms with Gasteiger partial charge in [0.25, 0.3) is 0 Å². The summed E-state index contributed by atoms with van der Waals surface area (Å²) in [7, 11) is 0. The molecular weight excluding hydrogens is 285 g/mol. The highest BCUT2D eigenvalue weighted by atomic mass is 35.5. The van der Waals surface area contributed by atoms with Crippen LogP contribution in [-0.2, 0) is 11.3 Å². The molecule has 0 spiro atoms. The second kappa shape index (κ2) is 6.12. The molecule has 0 bridgehead atoms. The van der Waals surface area contributed by atoms with E-state index in [9.17, 15) is 9.90 Å². The van der Waals surface area contributed by atoms with Crippen molar-refractivity contribution in [2.45, 2.75) is 32.4 Å². The number of aliphatic carboxylic acids is 1. The molecule has 0 unspecified atom stereocenters. The van der Waals surface area contributed by atoms with Crippen LogP contribution in [0.5, 0.6) is 0 Å². The maximum absolute atomic E-state index is 11.2. The summed E-state index contributed by atoms with van der Waals surface area (Å²) in [5, 5.41) is 10.4. The van der Waals surface area contributed by atoms with Crippen molar-refractivity contribution in [3.05, 3.63) is 33.8 Å². The Bertz CT molecular complexity index is 458. The van der Waals surface area contributed by atoms with E-state index in [2.05, 4.69) is 4.90 Å². The maximum Gasteiger partial charge on any atom is 0.308 e. The van der Waals surface area contributed by atoms with Crippen molar-refractivity contribution in [1.82, 2.24) is 4.90 Å². The van der Waals surface area contributed by atoms with Crippen molar-refractivity contribution in [2.24, 2.45) is 5.92 Å². The van der Waals surface area contributed by atoms with Crippen LogP contribution in [0.2, 0.25) is 10.0 Å². The lowest BCUT2D eigenvalue weighted by atomic mass is 9.90. The van der Waals surface area contributed by atoms with E-state index in [4.69, 9.17) is 23.2 Å². The fraction of sp³-hybridized carbons (Fsp3) is 0.500. The van der Waals surface area contributed by atoms with Gasteiger partial charge in [-0.25, -0.2) is 0 Å². The summed E-state index contributed by atoms with van der Waals surface area (Å²) in [6, 6.07) is 5.49. The molecule has 2 atom stereocenters. The standard InChI is InChI=1S/C14H17Cl2NO2/c1-9-13(14(18)19)3-2-4-17(9)8-10-5-11(15)7-12(16)6-10/h5-7,9,13H,2-4,8H2,1H3,(H,18,19)/t9-,13-/m1/s1. The first-order valence-corrected chi connectivity index (χ1v) is 7.15. The number of hydrogen-bond acceptors (Lipinski definition) is 2. The van der Waals surface area contributed by atoms with Crippen LogP contribution in [0, 0.1) is 5.92 Å². The van der Waals surface area contributed by atoms with Crippen molar-refractivity contribution in [2.75, 3.05) is 6.54 Å². The van der Waals surface area contributed by atoms with Gasteiger partial charge in [-0.05, 0) is 50.1 Å². The predicted octanol–water partition coefficient (Wildman–Crippen LogP) is 3.68. The monoisotopic (exact) mass is 301 g/mol. The van der Waals surface area contributed by atoms with E-state index in [1.165, 1.54) is 0 Å². The van der Waals surface area contributed by atoms with Crippen molar-refractivity contribution in [3.63, 3.8) is 0 Å². The third-order valence-corrected chi connectivity index (χ3v) is 4.18. The summed E-state index contributed by atoms with van der Waals surface area (Å²) >= 11 is 12.0. The molecule has 1 saturated heterocycles. The average molecular weight is 302 g/mol. The van der Waals surface area contributed by atoms with Crippen LogP contribution in [0.1, 0.15) is 25.3 Å². The van der Waals surface area contributed by atoms with E-state index in [-0.39, 0.29) is 12.0 Å². The maximum atomic E-state index is 11.2. The predicted molar refractivity (Wildman–Crippen MR) is 76.7 cm³/mol. The largest absolute Gasteiger partial charge is 0.481 e. The molecule has 1 N–H and O–H groups in total. The van der Waals surface area contributed by atoms with Gasteiger partial charge >= 0.3 is 5.97 Å². The molecule has 104 valence electrons. The zero-order valence-electron chi connectivity index (χ0n) is 10.8. The molecule has 3 nitrogen and oxygen atoms in total. The van der Waals surface area contributed by atoms with E-state index < -0.39 is 5.97 Å². The van der Waals surface area contributed by atoms with Gasteiger partial charge < -0.3 is 5.11 Å². The molecular formula is C14H17Cl2NO2. The number of piperidine rings is 1. The second-order valence-electron chi connectivity index (χ2n) is 5.08. The minimum Gasteiger partial charge on any atom is -0.481 e. The smallest absolute Gasteiger partial charge is 0.308 e. The van der Waals surface area contributed by atoms with Crippen LogP contribution >= 0.6 is 23.2 Å². The van der Waals surface area contributed by atoms with Gasteiger partial charge in [0.1, 0.15) is 0 Å². The highest BCUT2D eigenvalue weighted by Gasteiger charge is 2.32. The number of benzene rings is 1. The Morgan fingerprint density at radius 2 is 2.00 bits per heavy atom. The first kappa shape index (κ1) is 14.6. The molecule has 1 fully saturated rings. The Morgan fingerprint density at radius 3 is 2.58 bits per heavy atom. The van der Waals surface area contributed by atoms with Crippen LogP contribution in [0.15, 0.2) is 18.2 Å². The molecule has 1 aliphatic heterocycles. The van der Waals surface area contributed by atoms with Crippen LogP contribution in [0.3, 0.4) is 0 Å². The summed E-state index contributed by atoms with van der Waals surface area (Å²) in [6.07, 6.45) is 1.67. The Labute approximate surface area is 123 Å². The van der Waals surface area contributed by atoms with Gasteiger partial charge in [-0.2, -0.15) is 0 Å². The minimum atomic E-state index is -0.707. The number of carboxylic acid groups (broad SMARTS) is 1. The lowest BCUT2D eigenvalue weighted by Gasteiger charge is -2.37. The zero-order valence-corrected chi connectivity index (χ0v) is 12.3. The van der Waals surface area contributed by atoms with Gasteiger partial charge in [0.05, 0.1) is 5.92 Å². The molecule has 1 aromatic rings. The lowest BCUT2D eigenvalue weighted by molar-refractivity contribution is -0.145. The topological polar surface area (TPSA) is 40.5 Å². The highest BCUT2D eigenvalue weighted by Crippen LogP contribution is 2.27. The third-order valence-electron chi connectivity index (χ3n) is 3.74. The van der Waals surface area contributed by atoms with Crippen molar-refractivity contribution in [3.8, 4) is 0 Å². The molecule has 0 aromatic heterocycles. The highest BCUT2D eigenvalue weighted by molar-refractivity contribution is 6.34. The van der Waals surface area contributed by atoms with Crippen molar-refractivity contribution in [1.29, 1.82) is 0 Å². The molecule has 1 aliphatic rings. The van der Waals surface area contributed by atoms with Crippen LogP contribution in [0.25, 0.3) is 0 Å². The minimum absolute atomic E-state index is 0.0315. The van der Waals surface area contributed by atoms with E-state index in [0.717, 1.165) is 24.9 Å². The van der Waals surface area contributed by atoms with E-state index in [1.54, 1.807) is 6.07 Å². The SMILES string of the molecule is C[C@@H]1[C@H](C(=O)O)CCCN1Cc1cc(Cl)cc(Cl)c1. The molecule has 0 radical (unpaired) electrons. The molecule has 5 heteroatoms. The van der Waals surface area contributed by atoms with Gasteiger partial charge in [0.2, 0.25) is 0 Å². The van der Waals surface area contributed by atoms with Crippen molar-refractivity contribution < 1.29 is 9.90 Å². The first-order chi connectivity index (χ1) is 8.97.